The third kappa shape index (κ3) is 3.09. The van der Waals surface area contributed by atoms with Crippen molar-refractivity contribution in [3.63, 3.8) is 0 Å². The molecular weight excluding hydrogens is 286 g/mol. The molecule has 1 heterocycles. The Morgan fingerprint density at radius 3 is 2.64 bits per heavy atom. The van der Waals surface area contributed by atoms with E-state index in [0.717, 1.165) is 4.90 Å². The lowest BCUT2D eigenvalue weighted by molar-refractivity contribution is -0.134. The van der Waals surface area contributed by atoms with Crippen LogP contribution in [0.1, 0.15) is 12.5 Å². The Kier molecular flexibility index (Phi) is 4.77. The van der Waals surface area contributed by atoms with Crippen molar-refractivity contribution in [1.29, 1.82) is 0 Å². The quantitative estimate of drug-likeness (QED) is 0.581. The van der Waals surface area contributed by atoms with Crippen molar-refractivity contribution in [2.45, 2.75) is 12.5 Å². The molecule has 1 atom stereocenters. The number of imide groups is 1. The molecule has 7 heteroatoms. The molecule has 7 nitrogen and oxygen atoms in total. The van der Waals surface area contributed by atoms with Crippen LogP contribution in [0.15, 0.2) is 30.3 Å². The van der Waals surface area contributed by atoms with Crippen LogP contribution in [0.4, 0.5) is 4.79 Å². The largest absolute Gasteiger partial charge is 0.383 e. The van der Waals surface area contributed by atoms with Crippen molar-refractivity contribution in [3.05, 3.63) is 35.9 Å². The number of carbonyl (C=O) groups is 3. The summed E-state index contributed by atoms with van der Waals surface area (Å²) in [6.07, 6.45) is 0. The number of carbonyl (C=O) groups excluding carboxylic acids is 3. The number of benzene rings is 1. The summed E-state index contributed by atoms with van der Waals surface area (Å²) in [6.45, 7) is 2.02. The molecule has 1 fully saturated rings. The van der Waals surface area contributed by atoms with Gasteiger partial charge in [0.25, 0.3) is 5.91 Å². The molecule has 1 aromatic carbocycles. The first-order chi connectivity index (χ1) is 10.5. The standard InChI is InChI=1S/C15H19N3O4/c1-15(11-6-4-3-5-7-11)13(20)18(14(21)17-15)10-12(19)16-8-9-22-2/h3-7H,8-10H2,1-2H3,(H,16,19)(H,17,21)/t15-/m0/s1. The van der Waals surface area contributed by atoms with Crippen LogP contribution in [0.25, 0.3) is 0 Å². The second-order valence-electron chi connectivity index (χ2n) is 5.16. The van der Waals surface area contributed by atoms with Gasteiger partial charge in [0.2, 0.25) is 5.91 Å². The Hall–Kier alpha value is -2.41. The summed E-state index contributed by atoms with van der Waals surface area (Å²) in [7, 11) is 1.52. The van der Waals surface area contributed by atoms with Crippen LogP contribution < -0.4 is 10.6 Å². The number of hydrogen-bond donors (Lipinski definition) is 2. The topological polar surface area (TPSA) is 87.7 Å². The summed E-state index contributed by atoms with van der Waals surface area (Å²) in [5, 5.41) is 5.23. The van der Waals surface area contributed by atoms with E-state index in [1.165, 1.54) is 7.11 Å². The van der Waals surface area contributed by atoms with E-state index < -0.39 is 23.4 Å². The minimum absolute atomic E-state index is 0.309. The second-order valence-corrected chi connectivity index (χ2v) is 5.16. The molecule has 1 aromatic rings. The van der Waals surface area contributed by atoms with E-state index in [1.807, 2.05) is 6.07 Å². The number of amides is 4. The molecule has 0 aliphatic carbocycles. The first-order valence-corrected chi connectivity index (χ1v) is 6.94. The number of urea groups is 1. The van der Waals surface area contributed by atoms with Gasteiger partial charge < -0.3 is 15.4 Å². The molecule has 0 bridgehead atoms. The van der Waals surface area contributed by atoms with Gasteiger partial charge in [0, 0.05) is 13.7 Å². The highest BCUT2D eigenvalue weighted by Crippen LogP contribution is 2.28. The Morgan fingerprint density at radius 2 is 2.00 bits per heavy atom. The zero-order valence-electron chi connectivity index (χ0n) is 12.6. The fourth-order valence-electron chi connectivity index (χ4n) is 2.30. The normalized spacial score (nSPS) is 20.9. The molecular formula is C15H19N3O4. The van der Waals surface area contributed by atoms with E-state index in [-0.39, 0.29) is 6.54 Å². The summed E-state index contributed by atoms with van der Waals surface area (Å²) in [6, 6.07) is 8.37. The lowest BCUT2D eigenvalue weighted by atomic mass is 9.92. The summed E-state index contributed by atoms with van der Waals surface area (Å²) < 4.78 is 4.82. The zero-order valence-corrected chi connectivity index (χ0v) is 12.6. The van der Waals surface area contributed by atoms with Crippen molar-refractivity contribution in [2.24, 2.45) is 0 Å². The molecule has 0 unspecified atom stereocenters. The third-order valence-corrected chi connectivity index (χ3v) is 3.56. The van der Waals surface area contributed by atoms with Gasteiger partial charge in [-0.1, -0.05) is 30.3 Å². The van der Waals surface area contributed by atoms with Crippen LogP contribution in [-0.2, 0) is 19.9 Å². The summed E-state index contributed by atoms with van der Waals surface area (Å²) in [5.41, 5.74) is -0.471. The number of hydrogen-bond acceptors (Lipinski definition) is 4. The number of rotatable bonds is 6. The SMILES string of the molecule is COCCNC(=O)CN1C(=O)N[C@@](C)(c2ccccc2)C1=O. The fraction of sp³-hybridized carbons (Fsp3) is 0.400. The van der Waals surface area contributed by atoms with Crippen molar-refractivity contribution in [1.82, 2.24) is 15.5 Å². The van der Waals surface area contributed by atoms with E-state index >= 15 is 0 Å². The van der Waals surface area contributed by atoms with E-state index in [2.05, 4.69) is 10.6 Å². The fourth-order valence-corrected chi connectivity index (χ4v) is 2.30. The average molecular weight is 305 g/mol. The Balaban J connectivity index is 2.07. The molecule has 0 saturated carbocycles. The Bertz CT molecular complexity index is 575. The van der Waals surface area contributed by atoms with E-state index in [0.29, 0.717) is 18.7 Å². The molecule has 4 amide bonds. The van der Waals surface area contributed by atoms with Gasteiger partial charge in [-0.25, -0.2) is 4.79 Å². The summed E-state index contributed by atoms with van der Waals surface area (Å²) in [4.78, 5) is 37.3. The Labute approximate surface area is 128 Å². The van der Waals surface area contributed by atoms with Crippen molar-refractivity contribution in [2.75, 3.05) is 26.8 Å². The number of methoxy groups -OCH3 is 1. The Morgan fingerprint density at radius 1 is 1.32 bits per heavy atom. The van der Waals surface area contributed by atoms with Crippen LogP contribution in [0, 0.1) is 0 Å². The number of ether oxygens (including phenoxy) is 1. The first-order valence-electron chi connectivity index (χ1n) is 6.94. The predicted octanol–water partition coefficient (Wildman–Crippen LogP) is 0.216. The van der Waals surface area contributed by atoms with Gasteiger partial charge >= 0.3 is 6.03 Å². The molecule has 22 heavy (non-hydrogen) atoms. The van der Waals surface area contributed by atoms with Crippen LogP contribution in [0.3, 0.4) is 0 Å². The average Bonchev–Trinajstić information content (AvgIpc) is 2.73. The maximum Gasteiger partial charge on any atom is 0.325 e. The zero-order chi connectivity index (χ0) is 16.2. The van der Waals surface area contributed by atoms with Gasteiger partial charge in [0.1, 0.15) is 12.1 Å². The molecule has 0 spiro atoms. The highest BCUT2D eigenvalue weighted by molar-refractivity contribution is 6.09. The molecule has 0 aromatic heterocycles. The number of nitrogens with one attached hydrogen (secondary N) is 2. The first kappa shape index (κ1) is 16.0. The minimum Gasteiger partial charge on any atom is -0.383 e. The summed E-state index contributed by atoms with van der Waals surface area (Å²) >= 11 is 0. The van der Waals surface area contributed by atoms with Gasteiger partial charge in [-0.05, 0) is 12.5 Å². The van der Waals surface area contributed by atoms with Crippen molar-refractivity contribution in [3.8, 4) is 0 Å². The highest BCUT2D eigenvalue weighted by Gasteiger charge is 2.49. The molecule has 1 aliphatic rings. The molecule has 2 rings (SSSR count). The molecule has 118 valence electrons. The molecule has 1 aliphatic heterocycles. The lowest BCUT2D eigenvalue weighted by Gasteiger charge is -2.22. The van der Waals surface area contributed by atoms with Gasteiger partial charge in [-0.15, -0.1) is 0 Å². The third-order valence-electron chi connectivity index (χ3n) is 3.56. The van der Waals surface area contributed by atoms with E-state index in [9.17, 15) is 14.4 Å². The van der Waals surface area contributed by atoms with Gasteiger partial charge in [0.15, 0.2) is 0 Å². The van der Waals surface area contributed by atoms with Crippen LogP contribution in [0.2, 0.25) is 0 Å². The maximum absolute atomic E-state index is 12.5. The molecule has 1 saturated heterocycles. The van der Waals surface area contributed by atoms with Crippen LogP contribution in [0.5, 0.6) is 0 Å². The predicted molar refractivity (Wildman–Crippen MR) is 78.9 cm³/mol. The lowest BCUT2D eigenvalue weighted by Crippen LogP contribution is -2.43. The monoisotopic (exact) mass is 305 g/mol. The molecule has 2 N–H and O–H groups in total. The smallest absolute Gasteiger partial charge is 0.325 e. The maximum atomic E-state index is 12.5. The minimum atomic E-state index is -1.15. The van der Waals surface area contributed by atoms with E-state index in [4.69, 9.17) is 4.74 Å². The van der Waals surface area contributed by atoms with Gasteiger partial charge in [-0.3, -0.25) is 14.5 Å². The van der Waals surface area contributed by atoms with Gasteiger partial charge in [-0.2, -0.15) is 0 Å². The molecule has 0 radical (unpaired) electrons. The van der Waals surface area contributed by atoms with Gasteiger partial charge in [0.05, 0.1) is 6.61 Å². The van der Waals surface area contributed by atoms with Crippen molar-refractivity contribution < 1.29 is 19.1 Å². The highest BCUT2D eigenvalue weighted by atomic mass is 16.5. The second kappa shape index (κ2) is 6.57. The van der Waals surface area contributed by atoms with Crippen LogP contribution in [-0.4, -0.2) is 49.6 Å². The van der Waals surface area contributed by atoms with Crippen LogP contribution >= 0.6 is 0 Å². The summed E-state index contributed by atoms with van der Waals surface area (Å²) in [5.74, 6) is -0.844. The number of nitrogens with zero attached hydrogens (tertiary/aromatic N) is 1. The van der Waals surface area contributed by atoms with Crippen molar-refractivity contribution >= 4 is 17.8 Å². The van der Waals surface area contributed by atoms with E-state index in [1.54, 1.807) is 31.2 Å².